The molecule has 17 heavy (non-hydrogen) atoms. The van der Waals surface area contributed by atoms with Crippen molar-refractivity contribution in [1.82, 2.24) is 0 Å². The smallest absolute Gasteiger partial charge is 0.0556 e. The SMILES string of the molecule is CCC(CN)(CO)COCC(CC)(CN)CO. The molecular weight excluding hydrogens is 220 g/mol. The second-order valence-corrected chi connectivity index (χ2v) is 4.92. The molecule has 5 heteroatoms. The maximum atomic E-state index is 9.34. The van der Waals surface area contributed by atoms with Crippen LogP contribution in [0.2, 0.25) is 0 Å². The van der Waals surface area contributed by atoms with Gasteiger partial charge in [0.15, 0.2) is 0 Å². The number of aliphatic hydroxyl groups excluding tert-OH is 2. The largest absolute Gasteiger partial charge is 0.396 e. The molecule has 0 aromatic carbocycles. The van der Waals surface area contributed by atoms with Gasteiger partial charge in [-0.05, 0) is 12.8 Å². The lowest BCUT2D eigenvalue weighted by Gasteiger charge is -2.33. The third kappa shape index (κ3) is 4.52. The van der Waals surface area contributed by atoms with E-state index in [9.17, 15) is 10.2 Å². The first-order valence-electron chi connectivity index (χ1n) is 6.27. The van der Waals surface area contributed by atoms with Crippen molar-refractivity contribution in [3.63, 3.8) is 0 Å². The van der Waals surface area contributed by atoms with E-state index in [1.54, 1.807) is 0 Å². The Balaban J connectivity index is 4.28. The van der Waals surface area contributed by atoms with E-state index in [-0.39, 0.29) is 24.0 Å². The highest BCUT2D eigenvalue weighted by Crippen LogP contribution is 2.24. The summed E-state index contributed by atoms with van der Waals surface area (Å²) in [5.74, 6) is 0. The molecule has 0 rings (SSSR count). The molecule has 5 nitrogen and oxygen atoms in total. The quantitative estimate of drug-likeness (QED) is 0.425. The molecular formula is C12H28N2O3. The number of hydrogen-bond acceptors (Lipinski definition) is 5. The standard InChI is InChI=1S/C12H28N2O3/c1-3-11(5-13,7-15)9-17-10-12(4-2,6-14)8-16/h15-16H,3-10,13-14H2,1-2H3. The van der Waals surface area contributed by atoms with Gasteiger partial charge < -0.3 is 26.4 Å². The molecule has 0 radical (unpaired) electrons. The van der Waals surface area contributed by atoms with E-state index < -0.39 is 0 Å². The Kier molecular flexibility index (Phi) is 7.91. The van der Waals surface area contributed by atoms with Crippen LogP contribution < -0.4 is 11.5 Å². The predicted octanol–water partition coefficient (Wildman–Crippen LogP) is -0.302. The summed E-state index contributed by atoms with van der Waals surface area (Å²) in [5.41, 5.74) is 10.6. The van der Waals surface area contributed by atoms with Gasteiger partial charge in [0, 0.05) is 23.9 Å². The number of aliphatic hydroxyl groups is 2. The first-order chi connectivity index (χ1) is 8.07. The normalized spacial score (nSPS) is 18.7. The van der Waals surface area contributed by atoms with E-state index in [0.717, 1.165) is 12.8 Å². The first kappa shape index (κ1) is 16.8. The molecule has 2 unspecified atom stereocenters. The molecule has 0 saturated carbocycles. The van der Waals surface area contributed by atoms with Crippen LogP contribution in [0.1, 0.15) is 26.7 Å². The summed E-state index contributed by atoms with van der Waals surface area (Å²) in [6, 6.07) is 0. The van der Waals surface area contributed by atoms with Gasteiger partial charge in [0.25, 0.3) is 0 Å². The zero-order valence-corrected chi connectivity index (χ0v) is 11.1. The topological polar surface area (TPSA) is 102 Å². The van der Waals surface area contributed by atoms with Crippen molar-refractivity contribution in [3.8, 4) is 0 Å². The molecule has 0 fully saturated rings. The molecule has 0 amide bonds. The molecule has 0 aliphatic rings. The molecule has 0 aliphatic carbocycles. The molecule has 0 saturated heterocycles. The van der Waals surface area contributed by atoms with Crippen LogP contribution in [-0.4, -0.2) is 49.7 Å². The van der Waals surface area contributed by atoms with Crippen molar-refractivity contribution in [2.45, 2.75) is 26.7 Å². The Morgan fingerprint density at radius 2 is 1.24 bits per heavy atom. The lowest BCUT2D eigenvalue weighted by molar-refractivity contribution is -0.0415. The van der Waals surface area contributed by atoms with Gasteiger partial charge in [-0.25, -0.2) is 0 Å². The summed E-state index contributed by atoms with van der Waals surface area (Å²) in [7, 11) is 0. The van der Waals surface area contributed by atoms with Gasteiger partial charge in [-0.15, -0.1) is 0 Å². The van der Waals surface area contributed by atoms with Crippen LogP contribution in [0, 0.1) is 10.8 Å². The highest BCUT2D eigenvalue weighted by Gasteiger charge is 2.30. The molecule has 6 N–H and O–H groups in total. The van der Waals surface area contributed by atoms with E-state index in [4.69, 9.17) is 16.2 Å². The number of rotatable bonds is 10. The Morgan fingerprint density at radius 3 is 1.41 bits per heavy atom. The van der Waals surface area contributed by atoms with E-state index in [1.807, 2.05) is 13.8 Å². The van der Waals surface area contributed by atoms with E-state index in [0.29, 0.717) is 26.3 Å². The minimum atomic E-state index is -0.371. The minimum Gasteiger partial charge on any atom is -0.396 e. The highest BCUT2D eigenvalue weighted by molar-refractivity contribution is 4.81. The summed E-state index contributed by atoms with van der Waals surface area (Å²) in [5, 5.41) is 18.7. The maximum Gasteiger partial charge on any atom is 0.0556 e. The first-order valence-corrected chi connectivity index (χ1v) is 6.27. The molecule has 0 aromatic heterocycles. The molecule has 0 bridgehead atoms. The average molecular weight is 248 g/mol. The third-order valence-corrected chi connectivity index (χ3v) is 3.85. The maximum absolute atomic E-state index is 9.34. The Morgan fingerprint density at radius 1 is 0.882 bits per heavy atom. The summed E-state index contributed by atoms with van der Waals surface area (Å²) >= 11 is 0. The lowest BCUT2D eigenvalue weighted by atomic mass is 9.85. The van der Waals surface area contributed by atoms with Crippen LogP contribution in [0.25, 0.3) is 0 Å². The summed E-state index contributed by atoms with van der Waals surface area (Å²) in [4.78, 5) is 0. The van der Waals surface area contributed by atoms with E-state index in [2.05, 4.69) is 0 Å². The van der Waals surface area contributed by atoms with Crippen LogP contribution in [0.15, 0.2) is 0 Å². The van der Waals surface area contributed by atoms with E-state index in [1.165, 1.54) is 0 Å². The number of hydrogen-bond donors (Lipinski definition) is 4. The van der Waals surface area contributed by atoms with Gasteiger partial charge in [0.2, 0.25) is 0 Å². The minimum absolute atomic E-state index is 0.0148. The number of ether oxygens (including phenoxy) is 1. The van der Waals surface area contributed by atoms with Crippen molar-refractivity contribution in [2.24, 2.45) is 22.3 Å². The molecule has 0 spiro atoms. The van der Waals surface area contributed by atoms with Crippen molar-refractivity contribution < 1.29 is 14.9 Å². The predicted molar refractivity (Wildman–Crippen MR) is 68.5 cm³/mol. The van der Waals surface area contributed by atoms with Crippen LogP contribution in [-0.2, 0) is 4.74 Å². The van der Waals surface area contributed by atoms with Crippen molar-refractivity contribution in [3.05, 3.63) is 0 Å². The van der Waals surface area contributed by atoms with Crippen LogP contribution >= 0.6 is 0 Å². The van der Waals surface area contributed by atoms with Crippen molar-refractivity contribution in [2.75, 3.05) is 39.5 Å². The third-order valence-electron chi connectivity index (χ3n) is 3.85. The fourth-order valence-electron chi connectivity index (χ4n) is 1.54. The monoisotopic (exact) mass is 248 g/mol. The zero-order valence-electron chi connectivity index (χ0n) is 11.1. The molecule has 0 aliphatic heterocycles. The van der Waals surface area contributed by atoms with Crippen molar-refractivity contribution in [1.29, 1.82) is 0 Å². The second kappa shape index (κ2) is 8.00. The Hall–Kier alpha value is -0.200. The molecule has 0 heterocycles. The fourth-order valence-corrected chi connectivity index (χ4v) is 1.54. The van der Waals surface area contributed by atoms with Gasteiger partial charge >= 0.3 is 0 Å². The highest BCUT2D eigenvalue weighted by atomic mass is 16.5. The summed E-state index contributed by atoms with van der Waals surface area (Å²) in [6.07, 6.45) is 1.53. The Bertz CT molecular complexity index is 156. The van der Waals surface area contributed by atoms with Gasteiger partial charge in [-0.3, -0.25) is 0 Å². The van der Waals surface area contributed by atoms with Gasteiger partial charge in [0.05, 0.1) is 26.4 Å². The summed E-state index contributed by atoms with van der Waals surface area (Å²) < 4.78 is 5.63. The van der Waals surface area contributed by atoms with Crippen LogP contribution in [0.4, 0.5) is 0 Å². The molecule has 104 valence electrons. The second-order valence-electron chi connectivity index (χ2n) is 4.92. The fraction of sp³-hybridized carbons (Fsp3) is 1.00. The zero-order chi connectivity index (χ0) is 13.4. The summed E-state index contributed by atoms with van der Waals surface area (Å²) in [6.45, 7) is 5.57. The van der Waals surface area contributed by atoms with Gasteiger partial charge in [-0.2, -0.15) is 0 Å². The average Bonchev–Trinajstić information content (AvgIpc) is 2.41. The van der Waals surface area contributed by atoms with Crippen molar-refractivity contribution >= 4 is 0 Å². The Labute approximate surface area is 104 Å². The van der Waals surface area contributed by atoms with E-state index >= 15 is 0 Å². The van der Waals surface area contributed by atoms with Gasteiger partial charge in [-0.1, -0.05) is 13.8 Å². The number of nitrogens with two attached hydrogens (primary N) is 2. The lowest BCUT2D eigenvalue weighted by Crippen LogP contribution is -2.42. The van der Waals surface area contributed by atoms with Crippen LogP contribution in [0.5, 0.6) is 0 Å². The van der Waals surface area contributed by atoms with Gasteiger partial charge in [0.1, 0.15) is 0 Å². The molecule has 0 aromatic rings. The molecule has 2 atom stereocenters. The van der Waals surface area contributed by atoms with Crippen LogP contribution in [0.3, 0.4) is 0 Å².